The third kappa shape index (κ3) is 3.19. The summed E-state index contributed by atoms with van der Waals surface area (Å²) in [6.07, 6.45) is 0.675. The van der Waals surface area contributed by atoms with Gasteiger partial charge in [-0.1, -0.05) is 39.7 Å². The number of aromatic nitrogens is 2. The van der Waals surface area contributed by atoms with E-state index in [9.17, 15) is 5.11 Å². The second-order valence-corrected chi connectivity index (χ2v) is 5.90. The zero-order valence-electron chi connectivity index (χ0n) is 10.9. The molecule has 3 nitrogen and oxygen atoms in total. The molecule has 1 aromatic heterocycles. The molecule has 19 heavy (non-hydrogen) atoms. The monoisotopic (exact) mass is 342 g/mol. The van der Waals surface area contributed by atoms with Crippen LogP contribution in [0.4, 0.5) is 0 Å². The molecule has 0 aliphatic carbocycles. The maximum atomic E-state index is 9.61. The first-order valence-electron chi connectivity index (χ1n) is 6.07. The van der Waals surface area contributed by atoms with Crippen molar-refractivity contribution in [3.05, 3.63) is 50.7 Å². The highest BCUT2D eigenvalue weighted by Crippen LogP contribution is 2.27. The Labute approximate surface area is 126 Å². The number of aliphatic hydroxyl groups is 1. The molecule has 0 saturated carbocycles. The molecule has 1 N–H and O–H groups in total. The van der Waals surface area contributed by atoms with Gasteiger partial charge >= 0.3 is 0 Å². The molecule has 0 bridgehead atoms. The van der Waals surface area contributed by atoms with Crippen molar-refractivity contribution in [2.24, 2.45) is 7.05 Å². The first kappa shape index (κ1) is 14.6. The first-order chi connectivity index (χ1) is 9.02. The van der Waals surface area contributed by atoms with E-state index in [-0.39, 0.29) is 12.5 Å². The molecule has 1 heterocycles. The van der Waals surface area contributed by atoms with Crippen LogP contribution < -0.4 is 0 Å². The summed E-state index contributed by atoms with van der Waals surface area (Å²) in [4.78, 5) is 0. The molecule has 0 aliphatic rings. The van der Waals surface area contributed by atoms with E-state index in [1.165, 1.54) is 0 Å². The molecule has 2 aromatic rings. The fourth-order valence-electron chi connectivity index (χ4n) is 2.16. The van der Waals surface area contributed by atoms with Gasteiger partial charge in [-0.2, -0.15) is 5.10 Å². The average Bonchev–Trinajstić information content (AvgIpc) is 2.63. The van der Waals surface area contributed by atoms with Crippen LogP contribution in [0.5, 0.6) is 0 Å². The fourth-order valence-corrected chi connectivity index (χ4v) is 2.66. The minimum atomic E-state index is 0.0281. The van der Waals surface area contributed by atoms with Gasteiger partial charge in [-0.15, -0.1) is 0 Å². The standard InChI is InChI=1S/C14H16BrClN2O/c1-9-14(16)13(18(2)17-9)7-11(8-19)10-3-5-12(15)6-4-10/h3-6,11,19H,7-8H2,1-2H3. The molecule has 1 unspecified atom stereocenters. The van der Waals surface area contributed by atoms with Crippen LogP contribution in [-0.4, -0.2) is 21.5 Å². The van der Waals surface area contributed by atoms with Gasteiger partial charge in [0.05, 0.1) is 23.0 Å². The molecule has 2 rings (SSSR count). The van der Waals surface area contributed by atoms with Crippen molar-refractivity contribution in [2.45, 2.75) is 19.3 Å². The maximum Gasteiger partial charge on any atom is 0.0847 e. The van der Waals surface area contributed by atoms with E-state index in [2.05, 4.69) is 21.0 Å². The molecular weight excluding hydrogens is 328 g/mol. The molecule has 0 amide bonds. The van der Waals surface area contributed by atoms with Crippen molar-refractivity contribution in [2.75, 3.05) is 6.61 Å². The SMILES string of the molecule is Cc1nn(C)c(CC(CO)c2ccc(Br)cc2)c1Cl. The average molecular weight is 344 g/mol. The van der Waals surface area contributed by atoms with Gasteiger partial charge < -0.3 is 5.11 Å². The Morgan fingerprint density at radius 1 is 1.37 bits per heavy atom. The molecule has 5 heteroatoms. The van der Waals surface area contributed by atoms with E-state index in [4.69, 9.17) is 11.6 Å². The minimum absolute atomic E-state index is 0.0281. The zero-order chi connectivity index (χ0) is 14.0. The lowest BCUT2D eigenvalue weighted by Crippen LogP contribution is -2.11. The van der Waals surface area contributed by atoms with E-state index in [0.717, 1.165) is 21.4 Å². The van der Waals surface area contributed by atoms with Crippen LogP contribution in [0.15, 0.2) is 28.7 Å². The van der Waals surface area contributed by atoms with Crippen molar-refractivity contribution in [1.82, 2.24) is 9.78 Å². The van der Waals surface area contributed by atoms with Crippen LogP contribution in [0.2, 0.25) is 5.02 Å². The summed E-state index contributed by atoms with van der Waals surface area (Å²) in [7, 11) is 1.88. The van der Waals surface area contributed by atoms with Gasteiger partial charge in [0.1, 0.15) is 0 Å². The van der Waals surface area contributed by atoms with Crippen LogP contribution in [0.1, 0.15) is 22.9 Å². The van der Waals surface area contributed by atoms with Crippen LogP contribution in [0, 0.1) is 6.92 Å². The van der Waals surface area contributed by atoms with Crippen molar-refractivity contribution >= 4 is 27.5 Å². The highest BCUT2D eigenvalue weighted by molar-refractivity contribution is 9.10. The lowest BCUT2D eigenvalue weighted by atomic mass is 9.95. The molecule has 0 saturated heterocycles. The summed E-state index contributed by atoms with van der Waals surface area (Å²) >= 11 is 9.67. The summed E-state index contributed by atoms with van der Waals surface area (Å²) in [5.41, 5.74) is 2.88. The van der Waals surface area contributed by atoms with Gasteiger partial charge in [-0.05, 0) is 31.0 Å². The number of hydrogen-bond acceptors (Lipinski definition) is 2. The molecule has 1 atom stereocenters. The quantitative estimate of drug-likeness (QED) is 0.923. The lowest BCUT2D eigenvalue weighted by Gasteiger charge is -2.15. The second-order valence-electron chi connectivity index (χ2n) is 4.60. The minimum Gasteiger partial charge on any atom is -0.396 e. The van der Waals surface area contributed by atoms with E-state index in [0.29, 0.717) is 11.4 Å². The predicted octanol–water partition coefficient (Wildman–Crippen LogP) is 3.46. The molecule has 0 aliphatic heterocycles. The van der Waals surface area contributed by atoms with Crippen molar-refractivity contribution in [3.8, 4) is 0 Å². The van der Waals surface area contributed by atoms with Crippen molar-refractivity contribution < 1.29 is 5.11 Å². The third-order valence-electron chi connectivity index (χ3n) is 3.26. The van der Waals surface area contributed by atoms with E-state index >= 15 is 0 Å². The Bertz CT molecular complexity index is 566. The number of aliphatic hydroxyl groups excluding tert-OH is 1. The van der Waals surface area contributed by atoms with Crippen molar-refractivity contribution in [1.29, 1.82) is 0 Å². The van der Waals surface area contributed by atoms with E-state index in [1.54, 1.807) is 4.68 Å². The van der Waals surface area contributed by atoms with E-state index < -0.39 is 0 Å². The lowest BCUT2D eigenvalue weighted by molar-refractivity contribution is 0.263. The van der Waals surface area contributed by atoms with Gasteiger partial charge in [0.25, 0.3) is 0 Å². The number of benzene rings is 1. The maximum absolute atomic E-state index is 9.61. The number of aryl methyl sites for hydroxylation is 2. The smallest absolute Gasteiger partial charge is 0.0847 e. The summed E-state index contributed by atoms with van der Waals surface area (Å²) in [5, 5.41) is 14.6. The Balaban J connectivity index is 2.26. The molecule has 1 aromatic carbocycles. The largest absolute Gasteiger partial charge is 0.396 e. The number of halogens is 2. The Morgan fingerprint density at radius 3 is 2.47 bits per heavy atom. The van der Waals surface area contributed by atoms with Gasteiger partial charge in [0, 0.05) is 17.4 Å². The fraction of sp³-hybridized carbons (Fsp3) is 0.357. The Hall–Kier alpha value is -0.840. The summed E-state index contributed by atoms with van der Waals surface area (Å²) < 4.78 is 2.82. The van der Waals surface area contributed by atoms with Gasteiger partial charge in [0.2, 0.25) is 0 Å². The Morgan fingerprint density at radius 2 is 2.00 bits per heavy atom. The summed E-state index contributed by atoms with van der Waals surface area (Å²) in [6.45, 7) is 1.97. The number of hydrogen-bond donors (Lipinski definition) is 1. The van der Waals surface area contributed by atoms with Crippen LogP contribution in [-0.2, 0) is 13.5 Å². The third-order valence-corrected chi connectivity index (χ3v) is 4.28. The normalized spacial score (nSPS) is 12.7. The number of nitrogens with zero attached hydrogens (tertiary/aromatic N) is 2. The first-order valence-corrected chi connectivity index (χ1v) is 7.24. The van der Waals surface area contributed by atoms with Crippen molar-refractivity contribution in [3.63, 3.8) is 0 Å². The Kier molecular flexibility index (Phi) is 4.66. The number of rotatable bonds is 4. The topological polar surface area (TPSA) is 38.0 Å². The van der Waals surface area contributed by atoms with Crippen LogP contribution >= 0.6 is 27.5 Å². The summed E-state index contributed by atoms with van der Waals surface area (Å²) in [6, 6.07) is 7.99. The molecule has 102 valence electrons. The van der Waals surface area contributed by atoms with Gasteiger partial charge in [-0.25, -0.2) is 0 Å². The second kappa shape index (κ2) is 6.07. The molecular formula is C14H16BrClN2O. The molecule has 0 fully saturated rings. The van der Waals surface area contributed by atoms with Crippen LogP contribution in [0.3, 0.4) is 0 Å². The van der Waals surface area contributed by atoms with Crippen LogP contribution in [0.25, 0.3) is 0 Å². The van der Waals surface area contributed by atoms with E-state index in [1.807, 2.05) is 38.2 Å². The highest BCUT2D eigenvalue weighted by atomic mass is 79.9. The molecule has 0 radical (unpaired) electrons. The zero-order valence-corrected chi connectivity index (χ0v) is 13.2. The predicted molar refractivity (Wildman–Crippen MR) is 80.6 cm³/mol. The van der Waals surface area contributed by atoms with Gasteiger partial charge in [0.15, 0.2) is 0 Å². The van der Waals surface area contributed by atoms with Gasteiger partial charge in [-0.3, -0.25) is 4.68 Å². The molecule has 0 spiro atoms. The summed E-state index contributed by atoms with van der Waals surface area (Å²) in [5.74, 6) is 0.0281. The highest BCUT2D eigenvalue weighted by Gasteiger charge is 2.18.